The Morgan fingerprint density at radius 1 is 1.20 bits per heavy atom. The molecule has 2 aromatic rings. The minimum Gasteiger partial charge on any atom is -0.332 e. The fraction of sp³-hybridized carbons (Fsp3) is 0.368. The van der Waals surface area contributed by atoms with E-state index < -0.39 is 0 Å². The summed E-state index contributed by atoms with van der Waals surface area (Å²) in [5, 5.41) is 2.66. The molecule has 1 aromatic heterocycles. The summed E-state index contributed by atoms with van der Waals surface area (Å²) in [7, 11) is 1.61. The van der Waals surface area contributed by atoms with E-state index in [1.165, 1.54) is 50.9 Å². The Morgan fingerprint density at radius 2 is 1.88 bits per heavy atom. The number of thiophene rings is 1. The zero-order valence-corrected chi connectivity index (χ0v) is 15.6. The number of nitrogens with one attached hydrogen (secondary N) is 1. The second-order valence-corrected chi connectivity index (χ2v) is 7.02. The first-order valence-electron chi connectivity index (χ1n) is 8.37. The van der Waals surface area contributed by atoms with Crippen molar-refractivity contribution in [1.29, 1.82) is 0 Å². The average Bonchev–Trinajstić information content (AvgIpc) is 2.99. The number of halogens is 1. The molecular weight excluding hydrogens is 339 g/mol. The molecule has 2 amide bonds. The Kier molecular flexibility index (Phi) is 6.70. The van der Waals surface area contributed by atoms with Gasteiger partial charge < -0.3 is 10.2 Å². The fourth-order valence-corrected chi connectivity index (χ4v) is 3.87. The lowest BCUT2D eigenvalue weighted by atomic mass is 10.1. The van der Waals surface area contributed by atoms with Crippen LogP contribution in [0.3, 0.4) is 0 Å². The van der Waals surface area contributed by atoms with Crippen molar-refractivity contribution in [2.75, 3.05) is 18.9 Å². The molecule has 0 aliphatic carbocycles. The van der Waals surface area contributed by atoms with Gasteiger partial charge in [0, 0.05) is 17.6 Å². The average molecular weight is 362 g/mol. The molecule has 4 nitrogen and oxygen atoms in total. The van der Waals surface area contributed by atoms with Gasteiger partial charge in [-0.25, -0.2) is 4.39 Å². The van der Waals surface area contributed by atoms with Gasteiger partial charge in [0.1, 0.15) is 5.82 Å². The van der Waals surface area contributed by atoms with Crippen LogP contribution in [0.1, 0.15) is 40.4 Å². The van der Waals surface area contributed by atoms with Gasteiger partial charge in [-0.15, -0.1) is 11.3 Å². The fourth-order valence-electron chi connectivity index (χ4n) is 2.52. The summed E-state index contributed by atoms with van der Waals surface area (Å²) < 4.78 is 12.9. The highest BCUT2D eigenvalue weighted by Gasteiger charge is 2.19. The van der Waals surface area contributed by atoms with Crippen molar-refractivity contribution in [3.8, 4) is 0 Å². The predicted octanol–water partition coefficient (Wildman–Crippen LogP) is 4.11. The molecule has 1 aromatic carbocycles. The molecule has 6 heteroatoms. The lowest BCUT2D eigenvalue weighted by molar-refractivity contribution is -0.116. The van der Waals surface area contributed by atoms with Crippen LogP contribution in [0.4, 0.5) is 10.1 Å². The summed E-state index contributed by atoms with van der Waals surface area (Å²) >= 11 is 1.51. The van der Waals surface area contributed by atoms with E-state index in [1.807, 2.05) is 6.07 Å². The van der Waals surface area contributed by atoms with Gasteiger partial charge in [0.25, 0.3) is 5.91 Å². The summed E-state index contributed by atoms with van der Waals surface area (Å²) in [5.41, 5.74) is 1.71. The Hall–Kier alpha value is -2.21. The maximum atomic E-state index is 12.9. The number of hydrogen-bond acceptors (Lipinski definition) is 3. The third-order valence-corrected chi connectivity index (χ3v) is 5.05. The van der Waals surface area contributed by atoms with Gasteiger partial charge in [0.2, 0.25) is 5.91 Å². The van der Waals surface area contributed by atoms with E-state index in [1.54, 1.807) is 7.05 Å². The zero-order valence-electron chi connectivity index (χ0n) is 14.8. The van der Waals surface area contributed by atoms with E-state index in [0.717, 1.165) is 19.3 Å². The molecule has 0 atom stereocenters. The van der Waals surface area contributed by atoms with Crippen molar-refractivity contribution >= 4 is 28.8 Å². The van der Waals surface area contributed by atoms with Crippen LogP contribution in [0.25, 0.3) is 0 Å². The molecule has 0 fully saturated rings. The van der Waals surface area contributed by atoms with E-state index in [0.29, 0.717) is 10.6 Å². The lowest BCUT2D eigenvalue weighted by Crippen LogP contribution is -2.34. The molecule has 134 valence electrons. The molecule has 0 bridgehead atoms. The van der Waals surface area contributed by atoms with E-state index in [-0.39, 0.29) is 24.2 Å². The maximum Gasteiger partial charge on any atom is 0.264 e. The predicted molar refractivity (Wildman–Crippen MR) is 99.7 cm³/mol. The molecule has 1 N–H and O–H groups in total. The van der Waals surface area contributed by atoms with Gasteiger partial charge in [-0.1, -0.05) is 20.3 Å². The third kappa shape index (κ3) is 5.13. The van der Waals surface area contributed by atoms with Crippen LogP contribution in [-0.4, -0.2) is 30.3 Å². The molecule has 2 rings (SSSR count). The highest BCUT2D eigenvalue weighted by molar-refractivity contribution is 7.14. The smallest absolute Gasteiger partial charge is 0.264 e. The normalized spacial score (nSPS) is 10.6. The molecule has 0 saturated heterocycles. The molecule has 0 spiro atoms. The molecule has 1 heterocycles. The first-order chi connectivity index (χ1) is 11.9. The van der Waals surface area contributed by atoms with E-state index in [2.05, 4.69) is 19.2 Å². The number of anilines is 1. The van der Waals surface area contributed by atoms with Crippen LogP contribution >= 0.6 is 11.3 Å². The minimum atomic E-state index is -0.363. The first-order valence-corrected chi connectivity index (χ1v) is 9.18. The Balaban J connectivity index is 1.99. The summed E-state index contributed by atoms with van der Waals surface area (Å²) in [6.07, 6.45) is 2.90. The van der Waals surface area contributed by atoms with Crippen molar-refractivity contribution in [2.24, 2.45) is 0 Å². The van der Waals surface area contributed by atoms with E-state index in [9.17, 15) is 14.0 Å². The Morgan fingerprint density at radius 3 is 2.48 bits per heavy atom. The van der Waals surface area contributed by atoms with Crippen molar-refractivity contribution < 1.29 is 14.0 Å². The number of carbonyl (C=O) groups excluding carboxylic acids is 2. The monoisotopic (exact) mass is 362 g/mol. The molecule has 0 unspecified atom stereocenters. The molecule has 0 radical (unpaired) electrons. The van der Waals surface area contributed by atoms with Crippen LogP contribution < -0.4 is 5.32 Å². The van der Waals surface area contributed by atoms with E-state index in [4.69, 9.17) is 0 Å². The van der Waals surface area contributed by atoms with E-state index >= 15 is 0 Å². The van der Waals surface area contributed by atoms with Crippen LogP contribution in [0.2, 0.25) is 0 Å². The number of rotatable bonds is 7. The second-order valence-electron chi connectivity index (χ2n) is 5.88. The molecule has 0 aliphatic heterocycles. The number of likely N-dealkylation sites (N-methyl/N-ethyl adjacent to an activating group) is 1. The standard InChI is InChI=1S/C19H23FN2O2S/c1-4-6-16-13(5-2)11-17(25-16)19(24)22(3)12-18(23)21-15-9-7-14(20)8-10-15/h7-11H,4-6,12H2,1-3H3,(H,21,23). The van der Waals surface area contributed by atoms with Gasteiger partial charge in [0.15, 0.2) is 0 Å². The largest absolute Gasteiger partial charge is 0.332 e. The lowest BCUT2D eigenvalue weighted by Gasteiger charge is -2.16. The van der Waals surface area contributed by atoms with Crippen LogP contribution in [0, 0.1) is 5.82 Å². The van der Waals surface area contributed by atoms with Crippen molar-refractivity contribution in [2.45, 2.75) is 33.1 Å². The number of benzene rings is 1. The summed E-state index contributed by atoms with van der Waals surface area (Å²) in [5.74, 6) is -0.836. The van der Waals surface area contributed by atoms with Gasteiger partial charge in [-0.05, 0) is 48.7 Å². The highest BCUT2D eigenvalue weighted by atomic mass is 32.1. The summed E-state index contributed by atoms with van der Waals surface area (Å²) in [6.45, 7) is 4.14. The topological polar surface area (TPSA) is 49.4 Å². The van der Waals surface area contributed by atoms with Crippen molar-refractivity contribution in [3.05, 3.63) is 51.5 Å². The van der Waals surface area contributed by atoms with Gasteiger partial charge in [-0.3, -0.25) is 9.59 Å². The maximum absolute atomic E-state index is 12.9. The SMILES string of the molecule is CCCc1sc(C(=O)N(C)CC(=O)Nc2ccc(F)cc2)cc1CC. The first kappa shape index (κ1) is 19.1. The molecule has 0 aliphatic rings. The summed E-state index contributed by atoms with van der Waals surface area (Å²) in [6, 6.07) is 7.46. The number of nitrogens with zero attached hydrogens (tertiary/aromatic N) is 1. The van der Waals surface area contributed by atoms with Gasteiger partial charge >= 0.3 is 0 Å². The Labute approximate surface area is 151 Å². The third-order valence-electron chi connectivity index (χ3n) is 3.82. The molecule has 25 heavy (non-hydrogen) atoms. The van der Waals surface area contributed by atoms with Crippen LogP contribution in [0.5, 0.6) is 0 Å². The van der Waals surface area contributed by atoms with Crippen molar-refractivity contribution in [1.82, 2.24) is 4.90 Å². The zero-order chi connectivity index (χ0) is 18.4. The van der Waals surface area contributed by atoms with Crippen LogP contribution in [0.15, 0.2) is 30.3 Å². The Bertz CT molecular complexity index is 740. The van der Waals surface area contributed by atoms with Gasteiger partial charge in [0.05, 0.1) is 11.4 Å². The molecule has 0 saturated carbocycles. The quantitative estimate of drug-likeness (QED) is 0.806. The van der Waals surface area contributed by atoms with Crippen LogP contribution in [-0.2, 0) is 17.6 Å². The number of hydrogen-bond donors (Lipinski definition) is 1. The number of aryl methyl sites for hydroxylation is 2. The number of amides is 2. The molecular formula is C19H23FN2O2S. The second kappa shape index (κ2) is 8.76. The van der Waals surface area contributed by atoms with Gasteiger partial charge in [-0.2, -0.15) is 0 Å². The highest BCUT2D eigenvalue weighted by Crippen LogP contribution is 2.25. The number of carbonyl (C=O) groups is 2. The van der Waals surface area contributed by atoms with Crippen molar-refractivity contribution in [3.63, 3.8) is 0 Å². The minimum absolute atomic E-state index is 0.0569. The summed E-state index contributed by atoms with van der Waals surface area (Å²) in [4.78, 5) is 28.0.